The van der Waals surface area contributed by atoms with E-state index in [9.17, 15) is 18.3 Å². The topological polar surface area (TPSA) is 20.2 Å². The highest BCUT2D eigenvalue weighted by Crippen LogP contribution is 2.44. The molecular formula is C10H10BrF3O. The molecule has 15 heavy (non-hydrogen) atoms. The van der Waals surface area contributed by atoms with E-state index in [0.29, 0.717) is 0 Å². The van der Waals surface area contributed by atoms with Crippen molar-refractivity contribution in [3.8, 4) is 0 Å². The van der Waals surface area contributed by atoms with Crippen LogP contribution in [0, 0.1) is 5.82 Å². The molecule has 1 aromatic rings. The monoisotopic (exact) mass is 282 g/mol. The van der Waals surface area contributed by atoms with Crippen molar-refractivity contribution >= 4 is 15.9 Å². The van der Waals surface area contributed by atoms with Crippen LogP contribution in [0.15, 0.2) is 24.3 Å². The lowest BCUT2D eigenvalue weighted by Crippen LogP contribution is -2.40. The molecule has 5 heteroatoms. The first-order valence-electron chi connectivity index (χ1n) is 4.36. The Hall–Kier alpha value is -0.550. The fraction of sp³-hybridized carbons (Fsp3) is 0.400. The SMILES string of the molecule is CCC(O)(c1cccc(F)c1)C(F)(F)Br. The van der Waals surface area contributed by atoms with Crippen molar-refractivity contribution in [2.24, 2.45) is 0 Å². The Balaban J connectivity index is 3.23. The second-order valence-corrected chi connectivity index (χ2v) is 4.22. The van der Waals surface area contributed by atoms with Gasteiger partial charge < -0.3 is 5.11 Å². The third-order valence-corrected chi connectivity index (χ3v) is 2.94. The van der Waals surface area contributed by atoms with Crippen molar-refractivity contribution in [3.63, 3.8) is 0 Å². The van der Waals surface area contributed by atoms with Gasteiger partial charge in [-0.15, -0.1) is 0 Å². The van der Waals surface area contributed by atoms with E-state index < -0.39 is 16.3 Å². The highest BCUT2D eigenvalue weighted by molar-refractivity contribution is 9.10. The van der Waals surface area contributed by atoms with E-state index >= 15 is 0 Å². The van der Waals surface area contributed by atoms with E-state index in [1.54, 1.807) is 0 Å². The minimum absolute atomic E-state index is 0.146. The summed E-state index contributed by atoms with van der Waals surface area (Å²) in [7, 11) is 0. The summed E-state index contributed by atoms with van der Waals surface area (Å²) in [6.45, 7) is 1.40. The summed E-state index contributed by atoms with van der Waals surface area (Å²) < 4.78 is 39.1. The van der Waals surface area contributed by atoms with Crippen LogP contribution in [0.25, 0.3) is 0 Å². The summed E-state index contributed by atoms with van der Waals surface area (Å²) in [5.74, 6) is -0.656. The van der Waals surface area contributed by atoms with Crippen molar-refractivity contribution in [2.75, 3.05) is 0 Å². The standard InChI is InChI=1S/C10H10BrF3O/c1-2-9(15,10(11,13)14)7-4-3-5-8(12)6-7/h3-6,15H,2H2,1H3. The Morgan fingerprint density at radius 1 is 1.40 bits per heavy atom. The van der Waals surface area contributed by atoms with Crippen molar-refractivity contribution in [3.05, 3.63) is 35.6 Å². The van der Waals surface area contributed by atoms with Crippen LogP contribution in [0.1, 0.15) is 18.9 Å². The highest BCUT2D eigenvalue weighted by atomic mass is 79.9. The van der Waals surface area contributed by atoms with E-state index in [0.717, 1.165) is 12.1 Å². The van der Waals surface area contributed by atoms with E-state index in [1.165, 1.54) is 19.1 Å². The summed E-state index contributed by atoms with van der Waals surface area (Å²) in [5, 5.41) is 9.79. The molecule has 1 N–H and O–H groups in total. The van der Waals surface area contributed by atoms with Crippen LogP contribution >= 0.6 is 15.9 Å². The zero-order valence-electron chi connectivity index (χ0n) is 7.98. The second-order valence-electron chi connectivity index (χ2n) is 3.22. The average molecular weight is 283 g/mol. The predicted octanol–water partition coefficient (Wildman–Crippen LogP) is 3.41. The maximum absolute atomic E-state index is 13.1. The van der Waals surface area contributed by atoms with Gasteiger partial charge in [0.05, 0.1) is 0 Å². The number of aliphatic hydroxyl groups is 1. The fourth-order valence-electron chi connectivity index (χ4n) is 1.31. The molecule has 1 unspecified atom stereocenters. The maximum Gasteiger partial charge on any atom is 0.333 e. The number of hydrogen-bond acceptors (Lipinski definition) is 1. The van der Waals surface area contributed by atoms with Crippen LogP contribution in [0.3, 0.4) is 0 Å². The molecule has 0 saturated carbocycles. The van der Waals surface area contributed by atoms with Crippen LogP contribution in [0.5, 0.6) is 0 Å². The van der Waals surface area contributed by atoms with E-state index in [4.69, 9.17) is 0 Å². The molecule has 0 saturated heterocycles. The molecule has 0 spiro atoms. The van der Waals surface area contributed by atoms with E-state index in [2.05, 4.69) is 15.9 Å². The molecule has 0 aliphatic carbocycles. The zero-order valence-corrected chi connectivity index (χ0v) is 9.56. The molecule has 1 atom stereocenters. The lowest BCUT2D eigenvalue weighted by molar-refractivity contribution is -0.124. The number of rotatable bonds is 3. The zero-order chi connectivity index (χ0) is 11.7. The summed E-state index contributed by atoms with van der Waals surface area (Å²) in [6, 6.07) is 4.58. The number of hydrogen-bond donors (Lipinski definition) is 1. The lowest BCUT2D eigenvalue weighted by Gasteiger charge is -2.31. The van der Waals surface area contributed by atoms with Crippen LogP contribution in [-0.4, -0.2) is 9.94 Å². The quantitative estimate of drug-likeness (QED) is 0.843. The number of benzene rings is 1. The van der Waals surface area contributed by atoms with E-state index in [1.807, 2.05) is 0 Å². The molecular weight excluding hydrogens is 273 g/mol. The molecule has 0 radical (unpaired) electrons. The molecule has 0 aliphatic rings. The molecule has 0 heterocycles. The third kappa shape index (κ3) is 2.34. The molecule has 1 rings (SSSR count). The largest absolute Gasteiger partial charge is 0.378 e. The fourth-order valence-corrected chi connectivity index (χ4v) is 1.82. The molecule has 1 aromatic carbocycles. The third-order valence-electron chi connectivity index (χ3n) is 2.28. The smallest absolute Gasteiger partial charge is 0.333 e. The number of alkyl halides is 3. The first-order chi connectivity index (χ1) is 6.81. The summed E-state index contributed by atoms with van der Waals surface area (Å²) >= 11 is 2.12. The van der Waals surface area contributed by atoms with Crippen molar-refractivity contribution in [1.82, 2.24) is 0 Å². The van der Waals surface area contributed by atoms with Crippen LogP contribution in [-0.2, 0) is 5.60 Å². The first kappa shape index (κ1) is 12.5. The molecule has 0 bridgehead atoms. The second kappa shape index (κ2) is 4.14. The van der Waals surface area contributed by atoms with Crippen LogP contribution < -0.4 is 0 Å². The lowest BCUT2D eigenvalue weighted by atomic mass is 9.91. The van der Waals surface area contributed by atoms with Gasteiger partial charge in [-0.25, -0.2) is 4.39 Å². The molecule has 0 amide bonds. The Kier molecular flexibility index (Phi) is 3.45. The Bertz CT molecular complexity index is 351. The van der Waals surface area contributed by atoms with Gasteiger partial charge in [0, 0.05) is 0 Å². The van der Waals surface area contributed by atoms with Gasteiger partial charge in [0.15, 0.2) is 5.60 Å². The average Bonchev–Trinajstić information content (AvgIpc) is 2.14. The van der Waals surface area contributed by atoms with Gasteiger partial charge >= 0.3 is 4.83 Å². The molecule has 0 aromatic heterocycles. The van der Waals surface area contributed by atoms with E-state index in [-0.39, 0.29) is 12.0 Å². The van der Waals surface area contributed by atoms with Crippen molar-refractivity contribution in [2.45, 2.75) is 23.8 Å². The summed E-state index contributed by atoms with van der Waals surface area (Å²) in [4.78, 5) is -3.50. The van der Waals surface area contributed by atoms with Gasteiger partial charge in [-0.1, -0.05) is 19.1 Å². The summed E-state index contributed by atoms with van der Waals surface area (Å²) in [6.07, 6.45) is -0.227. The van der Waals surface area contributed by atoms with Crippen molar-refractivity contribution < 1.29 is 18.3 Å². The highest BCUT2D eigenvalue weighted by Gasteiger charge is 2.50. The number of halogens is 4. The van der Waals surface area contributed by atoms with Gasteiger partial charge in [0.25, 0.3) is 0 Å². The van der Waals surface area contributed by atoms with Crippen LogP contribution in [0.2, 0.25) is 0 Å². The van der Waals surface area contributed by atoms with Gasteiger partial charge in [0.2, 0.25) is 0 Å². The molecule has 84 valence electrons. The first-order valence-corrected chi connectivity index (χ1v) is 5.15. The van der Waals surface area contributed by atoms with Gasteiger partial charge in [-0.2, -0.15) is 8.78 Å². The minimum Gasteiger partial charge on any atom is -0.378 e. The Morgan fingerprint density at radius 2 is 2.00 bits per heavy atom. The Labute approximate surface area is 94.0 Å². The molecule has 0 aliphatic heterocycles. The minimum atomic E-state index is -3.50. The molecule has 0 fully saturated rings. The van der Waals surface area contributed by atoms with Gasteiger partial charge in [-0.05, 0) is 40.0 Å². The van der Waals surface area contributed by atoms with Crippen molar-refractivity contribution in [1.29, 1.82) is 0 Å². The van der Waals surface area contributed by atoms with Crippen LogP contribution in [0.4, 0.5) is 13.2 Å². The van der Waals surface area contributed by atoms with Gasteiger partial charge in [0.1, 0.15) is 5.82 Å². The molecule has 1 nitrogen and oxygen atoms in total. The predicted molar refractivity (Wildman–Crippen MR) is 54.5 cm³/mol. The maximum atomic E-state index is 13.1. The van der Waals surface area contributed by atoms with Gasteiger partial charge in [-0.3, -0.25) is 0 Å². The normalized spacial score (nSPS) is 16.1. The Morgan fingerprint density at radius 3 is 2.40 bits per heavy atom. The summed E-state index contributed by atoms with van der Waals surface area (Å²) in [5.41, 5.74) is -2.54.